The Balaban J connectivity index is 2.08. The number of rotatable bonds is 0. The molecule has 1 spiro atoms. The first-order chi connectivity index (χ1) is 7.72. The fourth-order valence-electron chi connectivity index (χ4n) is 1.97. The molecule has 0 saturated heterocycles. The van der Waals surface area contributed by atoms with Crippen molar-refractivity contribution >= 4 is 23.2 Å². The van der Waals surface area contributed by atoms with E-state index in [2.05, 4.69) is 34.9 Å². The third kappa shape index (κ3) is 1.18. The zero-order valence-corrected chi connectivity index (χ0v) is 9.54. The average molecular weight is 233 g/mol. The summed E-state index contributed by atoms with van der Waals surface area (Å²) in [6.07, 6.45) is 8.12. The lowest BCUT2D eigenvalue weighted by Gasteiger charge is -2.20. The van der Waals surface area contributed by atoms with Gasteiger partial charge in [-0.05, 0) is 12.0 Å². The predicted molar refractivity (Wildman–Crippen MR) is 64.6 cm³/mol. The summed E-state index contributed by atoms with van der Waals surface area (Å²) in [6.45, 7) is 2.11. The predicted octanol–water partition coefficient (Wildman–Crippen LogP) is 1.11. The molecule has 2 heterocycles. The molecule has 0 aromatic carbocycles. The number of nitrogens with zero attached hydrogens (tertiary/aromatic N) is 1. The van der Waals surface area contributed by atoms with Crippen LogP contribution in [0.4, 0.5) is 0 Å². The molecule has 3 aliphatic rings. The molecule has 1 amide bonds. The first kappa shape index (κ1) is 9.72. The highest BCUT2D eigenvalue weighted by Crippen LogP contribution is 2.40. The number of nitrogens with one attached hydrogen (secondary N) is 2. The molecule has 16 heavy (non-hydrogen) atoms. The molecular formula is C11H11N3OS. The Kier molecular flexibility index (Phi) is 1.97. The summed E-state index contributed by atoms with van der Waals surface area (Å²) in [4.78, 5) is 11.2. The topological polar surface area (TPSA) is 53.5 Å². The maximum Gasteiger partial charge on any atom is 0.267 e. The van der Waals surface area contributed by atoms with Crippen LogP contribution in [0.2, 0.25) is 0 Å². The van der Waals surface area contributed by atoms with Crippen LogP contribution in [0, 0.1) is 5.92 Å². The minimum Gasteiger partial charge on any atom is -0.323 e. The van der Waals surface area contributed by atoms with Gasteiger partial charge in [0.25, 0.3) is 5.91 Å². The Bertz CT molecular complexity index is 468. The van der Waals surface area contributed by atoms with Gasteiger partial charge in [0.15, 0.2) is 0 Å². The van der Waals surface area contributed by atoms with Crippen LogP contribution >= 0.6 is 11.8 Å². The van der Waals surface area contributed by atoms with E-state index in [1.54, 1.807) is 5.55 Å². The van der Waals surface area contributed by atoms with Gasteiger partial charge in [-0.25, -0.2) is 0 Å². The molecule has 2 unspecified atom stereocenters. The summed E-state index contributed by atoms with van der Waals surface area (Å²) >= 11 is 1.40. The van der Waals surface area contributed by atoms with Crippen molar-refractivity contribution in [1.29, 1.82) is 0 Å². The van der Waals surface area contributed by atoms with Gasteiger partial charge in [0.1, 0.15) is 0 Å². The zero-order chi connectivity index (χ0) is 11.2. The van der Waals surface area contributed by atoms with E-state index in [9.17, 15) is 4.79 Å². The molecule has 0 fully saturated rings. The zero-order valence-electron chi connectivity index (χ0n) is 8.73. The fourth-order valence-corrected chi connectivity index (χ4v) is 2.80. The number of hydrogen-bond acceptors (Lipinski definition) is 4. The van der Waals surface area contributed by atoms with E-state index in [1.165, 1.54) is 11.8 Å². The molecule has 2 N–H and O–H groups in total. The minimum atomic E-state index is -0.750. The normalized spacial score (nSPS) is 35.3. The minimum absolute atomic E-state index is 0.0520. The molecule has 0 radical (unpaired) electrons. The first-order valence-electron chi connectivity index (χ1n) is 5.11. The summed E-state index contributed by atoms with van der Waals surface area (Å²) in [5.41, 5.74) is 6.40. The van der Waals surface area contributed by atoms with Crippen LogP contribution in [-0.2, 0) is 4.79 Å². The highest BCUT2D eigenvalue weighted by atomic mass is 32.2. The third-order valence-electron chi connectivity index (χ3n) is 2.87. The van der Waals surface area contributed by atoms with E-state index in [0.717, 1.165) is 11.3 Å². The van der Waals surface area contributed by atoms with E-state index >= 15 is 0 Å². The van der Waals surface area contributed by atoms with Crippen LogP contribution in [0.15, 0.2) is 40.7 Å². The maximum absolute atomic E-state index is 12.0. The molecule has 5 heteroatoms. The molecule has 0 aromatic heterocycles. The van der Waals surface area contributed by atoms with Crippen LogP contribution in [0.25, 0.3) is 0 Å². The highest BCUT2D eigenvalue weighted by molar-refractivity contribution is 8.14. The summed E-state index contributed by atoms with van der Waals surface area (Å²) in [5, 5.41) is 6.83. The van der Waals surface area contributed by atoms with Crippen LogP contribution < -0.4 is 10.7 Å². The number of hydrogen-bond donors (Lipinski definition) is 2. The van der Waals surface area contributed by atoms with Crippen molar-refractivity contribution in [2.75, 3.05) is 0 Å². The van der Waals surface area contributed by atoms with Crippen molar-refractivity contribution in [3.05, 3.63) is 35.6 Å². The van der Waals surface area contributed by atoms with Gasteiger partial charge < -0.3 is 5.32 Å². The van der Waals surface area contributed by atoms with Crippen LogP contribution in [-0.4, -0.2) is 16.3 Å². The molecule has 2 atom stereocenters. The number of amides is 1. The van der Waals surface area contributed by atoms with Crippen LogP contribution in [0.3, 0.4) is 0 Å². The van der Waals surface area contributed by atoms with Crippen molar-refractivity contribution in [2.45, 2.75) is 11.8 Å². The third-order valence-corrected chi connectivity index (χ3v) is 3.94. The van der Waals surface area contributed by atoms with Gasteiger partial charge in [0.05, 0.1) is 5.55 Å². The lowest BCUT2D eigenvalue weighted by atomic mass is 10.1. The van der Waals surface area contributed by atoms with Crippen molar-refractivity contribution in [3.8, 4) is 0 Å². The van der Waals surface area contributed by atoms with Crippen LogP contribution in [0.1, 0.15) is 6.92 Å². The molecular weight excluding hydrogens is 222 g/mol. The van der Waals surface area contributed by atoms with Crippen molar-refractivity contribution in [3.63, 3.8) is 0 Å². The van der Waals surface area contributed by atoms with Gasteiger partial charge in [-0.1, -0.05) is 36.9 Å². The quantitative estimate of drug-likeness (QED) is 0.659. The Morgan fingerprint density at radius 1 is 1.44 bits per heavy atom. The number of carbonyl (C=O) groups excluding carboxylic acids is 1. The number of carbonyl (C=O) groups is 1. The molecule has 1 aliphatic carbocycles. The largest absolute Gasteiger partial charge is 0.323 e. The SMILES string of the molecule is CC1C=CC2=C(C=C1)C1(NN=CS1)C(=O)N2. The second-order valence-electron chi connectivity index (χ2n) is 4.00. The van der Waals surface area contributed by atoms with Gasteiger partial charge in [0, 0.05) is 11.3 Å². The summed E-state index contributed by atoms with van der Waals surface area (Å²) in [6, 6.07) is 0. The molecule has 82 valence electrons. The number of allylic oxidation sites excluding steroid dienone is 3. The summed E-state index contributed by atoms with van der Waals surface area (Å²) < 4.78 is 0. The lowest BCUT2D eigenvalue weighted by Crippen LogP contribution is -2.45. The Labute approximate surface area is 97.6 Å². The van der Waals surface area contributed by atoms with Gasteiger partial charge in [-0.3, -0.25) is 10.2 Å². The standard InChI is InChI=1S/C11H11N3OS/c1-7-2-4-8-9(5-3-7)13-10(15)11(8)14-12-6-16-11/h2-7,14H,1H3,(H,13,15). The fraction of sp³-hybridized carbons (Fsp3) is 0.273. The number of thioether (sulfide) groups is 1. The Morgan fingerprint density at radius 3 is 3.00 bits per heavy atom. The van der Waals surface area contributed by atoms with E-state index < -0.39 is 4.87 Å². The Hall–Kier alpha value is -1.49. The van der Waals surface area contributed by atoms with Crippen molar-refractivity contribution in [2.24, 2.45) is 11.0 Å². The molecule has 3 rings (SSSR count). The van der Waals surface area contributed by atoms with Gasteiger partial charge in [-0.15, -0.1) is 0 Å². The smallest absolute Gasteiger partial charge is 0.267 e. The summed E-state index contributed by atoms with van der Waals surface area (Å²) in [7, 11) is 0. The van der Waals surface area contributed by atoms with E-state index in [1.807, 2.05) is 12.2 Å². The number of fused-ring (bicyclic) bond motifs is 1. The van der Waals surface area contributed by atoms with Crippen molar-refractivity contribution < 1.29 is 4.79 Å². The maximum atomic E-state index is 12.0. The van der Waals surface area contributed by atoms with Crippen LogP contribution in [0.5, 0.6) is 0 Å². The van der Waals surface area contributed by atoms with Gasteiger partial charge in [0.2, 0.25) is 4.87 Å². The second-order valence-corrected chi connectivity index (χ2v) is 5.06. The molecule has 4 nitrogen and oxygen atoms in total. The summed E-state index contributed by atoms with van der Waals surface area (Å²) in [5.74, 6) is 0.329. The Morgan fingerprint density at radius 2 is 2.25 bits per heavy atom. The van der Waals surface area contributed by atoms with Gasteiger partial charge >= 0.3 is 0 Å². The lowest BCUT2D eigenvalue weighted by molar-refractivity contribution is -0.121. The van der Waals surface area contributed by atoms with E-state index in [0.29, 0.717) is 5.92 Å². The highest BCUT2D eigenvalue weighted by Gasteiger charge is 2.50. The number of hydrazone groups is 1. The van der Waals surface area contributed by atoms with Gasteiger partial charge in [-0.2, -0.15) is 5.10 Å². The molecule has 0 saturated carbocycles. The van der Waals surface area contributed by atoms with E-state index in [4.69, 9.17) is 0 Å². The molecule has 2 aliphatic heterocycles. The first-order valence-corrected chi connectivity index (χ1v) is 5.99. The van der Waals surface area contributed by atoms with E-state index in [-0.39, 0.29) is 5.91 Å². The van der Waals surface area contributed by atoms with Crippen molar-refractivity contribution in [1.82, 2.24) is 10.7 Å². The molecule has 0 bridgehead atoms. The second kappa shape index (κ2) is 3.25. The monoisotopic (exact) mass is 233 g/mol. The average Bonchev–Trinajstić information content (AvgIpc) is 2.79. The molecule has 0 aromatic rings.